The number of hydrogen-bond acceptors (Lipinski definition) is 4. The molecule has 0 aromatic heterocycles. The number of nitrogens with zero attached hydrogens (tertiary/aromatic N) is 2. The highest BCUT2D eigenvalue weighted by molar-refractivity contribution is 7.92. The minimum atomic E-state index is -4.19. The molecule has 3 aromatic carbocycles. The molecule has 0 aliphatic heterocycles. The topological polar surface area (TPSA) is 86.8 Å². The van der Waals surface area contributed by atoms with Gasteiger partial charge in [-0.2, -0.15) is 0 Å². The number of hydrogen-bond donors (Lipinski definition) is 1. The summed E-state index contributed by atoms with van der Waals surface area (Å²) in [6.45, 7) is 8.49. The SMILES string of the molecule is CC[C@H](C(=O)NC(C)C)N(Cc1ccc(Cl)c(Cl)c1)C(=O)CN(c1ccc(Cl)cc1C)S(=O)(=O)c1ccc(C)cc1. The second-order valence-corrected chi connectivity index (χ2v) is 13.2. The van der Waals surface area contributed by atoms with Gasteiger partial charge in [-0.1, -0.05) is 65.5 Å². The third-order valence-electron chi connectivity index (χ3n) is 6.47. The van der Waals surface area contributed by atoms with Crippen molar-refractivity contribution in [1.82, 2.24) is 10.2 Å². The van der Waals surface area contributed by atoms with E-state index in [-0.39, 0.29) is 23.4 Å². The Balaban J connectivity index is 2.11. The van der Waals surface area contributed by atoms with Gasteiger partial charge in [0.1, 0.15) is 12.6 Å². The number of nitrogens with one attached hydrogen (secondary N) is 1. The zero-order chi connectivity index (χ0) is 30.5. The van der Waals surface area contributed by atoms with Crippen LogP contribution in [-0.2, 0) is 26.2 Å². The molecule has 0 fully saturated rings. The van der Waals surface area contributed by atoms with Gasteiger partial charge in [0.15, 0.2) is 0 Å². The summed E-state index contributed by atoms with van der Waals surface area (Å²) < 4.78 is 29.1. The fourth-order valence-electron chi connectivity index (χ4n) is 4.38. The Hall–Kier alpha value is -2.78. The smallest absolute Gasteiger partial charge is 0.264 e. The minimum Gasteiger partial charge on any atom is -0.352 e. The molecule has 0 aliphatic rings. The van der Waals surface area contributed by atoms with Crippen molar-refractivity contribution in [2.75, 3.05) is 10.8 Å². The number of anilines is 1. The van der Waals surface area contributed by atoms with Crippen LogP contribution in [0.15, 0.2) is 65.6 Å². The van der Waals surface area contributed by atoms with Gasteiger partial charge in [0.2, 0.25) is 11.8 Å². The number of carbonyl (C=O) groups excluding carboxylic acids is 2. The molecule has 2 amide bonds. The molecule has 220 valence electrons. The summed E-state index contributed by atoms with van der Waals surface area (Å²) in [5, 5.41) is 3.96. The van der Waals surface area contributed by atoms with E-state index in [1.807, 2.05) is 20.8 Å². The summed E-state index contributed by atoms with van der Waals surface area (Å²) in [6.07, 6.45) is 0.302. The quantitative estimate of drug-likeness (QED) is 0.251. The highest BCUT2D eigenvalue weighted by Crippen LogP contribution is 2.30. The van der Waals surface area contributed by atoms with Crippen molar-refractivity contribution in [2.24, 2.45) is 0 Å². The zero-order valence-corrected chi connectivity index (χ0v) is 26.7. The molecular weight excluding hydrogens is 605 g/mol. The zero-order valence-electron chi connectivity index (χ0n) is 23.6. The van der Waals surface area contributed by atoms with Crippen molar-refractivity contribution in [3.05, 3.63) is 92.4 Å². The fourth-order valence-corrected chi connectivity index (χ4v) is 6.41. The Morgan fingerprint density at radius 3 is 2.12 bits per heavy atom. The van der Waals surface area contributed by atoms with Crippen LogP contribution in [0.4, 0.5) is 5.69 Å². The second-order valence-electron chi connectivity index (χ2n) is 10.1. The molecule has 0 unspecified atom stereocenters. The summed E-state index contributed by atoms with van der Waals surface area (Å²) in [5.74, 6) is -0.904. The van der Waals surface area contributed by atoms with Crippen LogP contribution < -0.4 is 9.62 Å². The third-order valence-corrected chi connectivity index (χ3v) is 9.22. The lowest BCUT2D eigenvalue weighted by Crippen LogP contribution is -2.53. The average molecular weight is 639 g/mol. The molecule has 11 heteroatoms. The summed E-state index contributed by atoms with van der Waals surface area (Å²) >= 11 is 18.5. The minimum absolute atomic E-state index is 0.0117. The normalized spacial score (nSPS) is 12.2. The van der Waals surface area contributed by atoms with Gasteiger partial charge in [-0.15, -0.1) is 0 Å². The largest absolute Gasteiger partial charge is 0.352 e. The van der Waals surface area contributed by atoms with Crippen molar-refractivity contribution >= 4 is 62.3 Å². The molecule has 0 radical (unpaired) electrons. The van der Waals surface area contributed by atoms with Crippen LogP contribution in [-0.4, -0.2) is 43.8 Å². The summed E-state index contributed by atoms with van der Waals surface area (Å²) in [7, 11) is -4.19. The predicted molar refractivity (Wildman–Crippen MR) is 166 cm³/mol. The highest BCUT2D eigenvalue weighted by atomic mass is 35.5. The van der Waals surface area contributed by atoms with Crippen LogP contribution in [0.3, 0.4) is 0 Å². The van der Waals surface area contributed by atoms with E-state index < -0.39 is 28.5 Å². The van der Waals surface area contributed by atoms with Crippen LogP contribution in [0.5, 0.6) is 0 Å². The Labute approximate surface area is 257 Å². The Morgan fingerprint density at radius 2 is 1.56 bits per heavy atom. The van der Waals surface area contributed by atoms with Gasteiger partial charge < -0.3 is 10.2 Å². The maximum Gasteiger partial charge on any atom is 0.264 e. The predicted octanol–water partition coefficient (Wildman–Crippen LogP) is 6.79. The van der Waals surface area contributed by atoms with E-state index in [1.165, 1.54) is 17.0 Å². The van der Waals surface area contributed by atoms with Crippen LogP contribution in [0.25, 0.3) is 0 Å². The van der Waals surface area contributed by atoms with Gasteiger partial charge in [0, 0.05) is 17.6 Å². The van der Waals surface area contributed by atoms with Gasteiger partial charge in [0.05, 0.1) is 20.6 Å². The van der Waals surface area contributed by atoms with Crippen molar-refractivity contribution in [2.45, 2.75) is 64.6 Å². The molecule has 1 N–H and O–H groups in total. The number of benzene rings is 3. The van der Waals surface area contributed by atoms with Crippen molar-refractivity contribution in [3.8, 4) is 0 Å². The Bertz CT molecular complexity index is 1510. The summed E-state index contributed by atoms with van der Waals surface area (Å²) in [4.78, 5) is 28.8. The highest BCUT2D eigenvalue weighted by Gasteiger charge is 2.34. The summed E-state index contributed by atoms with van der Waals surface area (Å²) in [6, 6.07) is 15.1. The van der Waals surface area contributed by atoms with Gasteiger partial charge >= 0.3 is 0 Å². The standard InChI is InChI=1S/C30H34Cl3N3O4S/c1-6-27(30(38)34-19(2)3)35(17-22-9-13-25(32)26(33)16-22)29(37)18-36(28-14-10-23(31)15-21(28)5)41(39,40)24-11-7-20(4)8-12-24/h7-16,19,27H,6,17-18H2,1-5H3,(H,34,38)/t27-/m1/s1. The van der Waals surface area contributed by atoms with E-state index in [0.29, 0.717) is 38.3 Å². The van der Waals surface area contributed by atoms with E-state index in [4.69, 9.17) is 34.8 Å². The van der Waals surface area contributed by atoms with Crippen molar-refractivity contribution in [3.63, 3.8) is 0 Å². The Kier molecular flexibility index (Phi) is 11.1. The number of amides is 2. The lowest BCUT2D eigenvalue weighted by molar-refractivity contribution is -0.140. The van der Waals surface area contributed by atoms with E-state index in [2.05, 4.69) is 5.32 Å². The molecule has 3 rings (SSSR count). The van der Waals surface area contributed by atoms with Gasteiger partial charge in [-0.05, 0) is 87.7 Å². The van der Waals surface area contributed by atoms with Gasteiger partial charge in [0.25, 0.3) is 10.0 Å². The first-order chi connectivity index (χ1) is 19.2. The molecule has 1 atom stereocenters. The second kappa shape index (κ2) is 13.9. The summed E-state index contributed by atoms with van der Waals surface area (Å²) in [5.41, 5.74) is 2.40. The monoisotopic (exact) mass is 637 g/mol. The van der Waals surface area contributed by atoms with Gasteiger partial charge in [-0.25, -0.2) is 8.42 Å². The van der Waals surface area contributed by atoms with E-state index in [1.54, 1.807) is 62.4 Å². The first kappa shape index (κ1) is 32.7. The Morgan fingerprint density at radius 1 is 0.902 bits per heavy atom. The van der Waals surface area contributed by atoms with E-state index in [0.717, 1.165) is 9.87 Å². The van der Waals surface area contributed by atoms with Crippen molar-refractivity contribution in [1.29, 1.82) is 0 Å². The molecule has 0 saturated carbocycles. The molecule has 7 nitrogen and oxygen atoms in total. The van der Waals surface area contributed by atoms with Crippen LogP contribution in [0.2, 0.25) is 15.1 Å². The number of carbonyl (C=O) groups is 2. The van der Waals surface area contributed by atoms with Crippen LogP contribution in [0.1, 0.15) is 43.9 Å². The lowest BCUT2D eigenvalue weighted by atomic mass is 10.1. The first-order valence-corrected chi connectivity index (χ1v) is 15.7. The first-order valence-electron chi connectivity index (χ1n) is 13.1. The number of rotatable bonds is 11. The molecule has 0 heterocycles. The van der Waals surface area contributed by atoms with Crippen molar-refractivity contribution < 1.29 is 18.0 Å². The lowest BCUT2D eigenvalue weighted by Gasteiger charge is -2.34. The van der Waals surface area contributed by atoms with Crippen LogP contribution in [0, 0.1) is 13.8 Å². The van der Waals surface area contributed by atoms with E-state index >= 15 is 0 Å². The molecule has 0 saturated heterocycles. The molecule has 0 spiro atoms. The number of aryl methyl sites for hydroxylation is 2. The van der Waals surface area contributed by atoms with E-state index in [9.17, 15) is 18.0 Å². The molecule has 0 bridgehead atoms. The molecule has 3 aromatic rings. The number of halogens is 3. The maximum absolute atomic E-state index is 14.1. The molecule has 0 aliphatic carbocycles. The molecular formula is C30H34Cl3N3O4S. The third kappa shape index (κ3) is 8.16. The fraction of sp³-hybridized carbons (Fsp3) is 0.333. The number of sulfonamides is 1. The average Bonchev–Trinajstić information content (AvgIpc) is 2.89. The van der Waals surface area contributed by atoms with Gasteiger partial charge in [-0.3, -0.25) is 13.9 Å². The molecule has 41 heavy (non-hydrogen) atoms. The maximum atomic E-state index is 14.1. The van der Waals surface area contributed by atoms with Crippen LogP contribution >= 0.6 is 34.8 Å².